The summed E-state index contributed by atoms with van der Waals surface area (Å²) in [6.07, 6.45) is 3.82. The third-order valence-electron chi connectivity index (χ3n) is 3.55. The first-order valence-corrected chi connectivity index (χ1v) is 6.91. The van der Waals surface area contributed by atoms with E-state index in [1.54, 1.807) is 0 Å². The molecule has 1 heterocycles. The highest BCUT2D eigenvalue weighted by molar-refractivity contribution is 4.76. The van der Waals surface area contributed by atoms with E-state index < -0.39 is 0 Å². The van der Waals surface area contributed by atoms with Gasteiger partial charge in [-0.3, -0.25) is 4.90 Å². The van der Waals surface area contributed by atoms with Gasteiger partial charge in [0.25, 0.3) is 0 Å². The maximum Gasteiger partial charge on any atom is 0.0218 e. The van der Waals surface area contributed by atoms with Gasteiger partial charge in [-0.25, -0.2) is 0 Å². The first-order valence-electron chi connectivity index (χ1n) is 6.91. The van der Waals surface area contributed by atoms with E-state index in [0.717, 1.165) is 19.1 Å². The molecule has 1 N–H and O–H groups in total. The van der Waals surface area contributed by atoms with Crippen molar-refractivity contribution >= 4 is 0 Å². The second-order valence-corrected chi connectivity index (χ2v) is 4.96. The predicted molar refractivity (Wildman–Crippen MR) is 70.9 cm³/mol. The predicted octanol–water partition coefficient (Wildman–Crippen LogP) is 1.40. The third-order valence-corrected chi connectivity index (χ3v) is 3.55. The highest BCUT2D eigenvalue weighted by atomic mass is 15.2. The van der Waals surface area contributed by atoms with E-state index in [1.165, 1.54) is 45.4 Å². The monoisotopic (exact) mass is 227 g/mol. The van der Waals surface area contributed by atoms with Gasteiger partial charge in [-0.05, 0) is 45.9 Å². The van der Waals surface area contributed by atoms with Crippen LogP contribution in [0.2, 0.25) is 0 Å². The lowest BCUT2D eigenvalue weighted by Crippen LogP contribution is -2.43. The van der Waals surface area contributed by atoms with Crippen LogP contribution in [0.1, 0.15) is 33.1 Å². The van der Waals surface area contributed by atoms with Gasteiger partial charge >= 0.3 is 0 Å². The Morgan fingerprint density at radius 2 is 1.94 bits per heavy atom. The molecule has 1 aliphatic rings. The van der Waals surface area contributed by atoms with Crippen LogP contribution >= 0.6 is 0 Å². The van der Waals surface area contributed by atoms with Crippen LogP contribution in [0.15, 0.2) is 0 Å². The number of nitrogens with one attached hydrogen (secondary N) is 1. The second kappa shape index (κ2) is 8.04. The molecule has 0 aliphatic carbocycles. The van der Waals surface area contributed by atoms with Gasteiger partial charge in [-0.15, -0.1) is 0 Å². The molecule has 1 fully saturated rings. The molecular weight excluding hydrogens is 198 g/mol. The molecule has 1 saturated heterocycles. The molecule has 0 spiro atoms. The van der Waals surface area contributed by atoms with Gasteiger partial charge in [0.1, 0.15) is 0 Å². The van der Waals surface area contributed by atoms with E-state index in [-0.39, 0.29) is 0 Å². The third kappa shape index (κ3) is 4.81. The van der Waals surface area contributed by atoms with E-state index in [1.807, 2.05) is 0 Å². The quantitative estimate of drug-likeness (QED) is 0.692. The number of hydrogen-bond donors (Lipinski definition) is 1. The van der Waals surface area contributed by atoms with Crippen molar-refractivity contribution in [1.82, 2.24) is 15.1 Å². The number of nitrogens with zero attached hydrogens (tertiary/aromatic N) is 2. The van der Waals surface area contributed by atoms with E-state index in [2.05, 4.69) is 36.0 Å². The fourth-order valence-electron chi connectivity index (χ4n) is 2.41. The van der Waals surface area contributed by atoms with Crippen molar-refractivity contribution in [3.05, 3.63) is 0 Å². The summed E-state index contributed by atoms with van der Waals surface area (Å²) < 4.78 is 0. The zero-order chi connectivity index (χ0) is 11.8. The molecule has 3 heteroatoms. The summed E-state index contributed by atoms with van der Waals surface area (Å²) in [6.45, 7) is 11.9. The van der Waals surface area contributed by atoms with Gasteiger partial charge < -0.3 is 10.2 Å². The molecule has 96 valence electrons. The standard InChI is InChI=1S/C13H29N3/c1-4-7-14-12-13(5-2)16-9-6-8-15(3)10-11-16/h13-14H,4-12H2,1-3H3. The number of rotatable bonds is 6. The zero-order valence-electron chi connectivity index (χ0n) is 11.3. The summed E-state index contributed by atoms with van der Waals surface area (Å²) >= 11 is 0. The summed E-state index contributed by atoms with van der Waals surface area (Å²) in [6, 6.07) is 0.734. The molecular formula is C13H29N3. The van der Waals surface area contributed by atoms with Crippen LogP contribution in [0.4, 0.5) is 0 Å². The summed E-state index contributed by atoms with van der Waals surface area (Å²) in [5.41, 5.74) is 0. The maximum absolute atomic E-state index is 3.56. The summed E-state index contributed by atoms with van der Waals surface area (Å²) in [5, 5.41) is 3.56. The Morgan fingerprint density at radius 1 is 1.12 bits per heavy atom. The van der Waals surface area contributed by atoms with Gasteiger partial charge in [-0.2, -0.15) is 0 Å². The Bertz CT molecular complexity index is 173. The molecule has 1 atom stereocenters. The number of hydrogen-bond acceptors (Lipinski definition) is 3. The van der Waals surface area contributed by atoms with Gasteiger partial charge in [0.15, 0.2) is 0 Å². The average Bonchev–Trinajstić information content (AvgIpc) is 2.50. The molecule has 0 radical (unpaired) electrons. The largest absolute Gasteiger partial charge is 0.315 e. The SMILES string of the molecule is CCCNCC(CC)N1CCCN(C)CC1. The molecule has 0 aromatic heterocycles. The van der Waals surface area contributed by atoms with Crippen molar-refractivity contribution in [2.45, 2.75) is 39.2 Å². The topological polar surface area (TPSA) is 18.5 Å². The van der Waals surface area contributed by atoms with Crippen LogP contribution in [0.25, 0.3) is 0 Å². The maximum atomic E-state index is 3.56. The van der Waals surface area contributed by atoms with Crippen molar-refractivity contribution in [2.75, 3.05) is 46.3 Å². The first kappa shape index (κ1) is 13.9. The Morgan fingerprint density at radius 3 is 2.62 bits per heavy atom. The van der Waals surface area contributed by atoms with Crippen LogP contribution in [0.3, 0.4) is 0 Å². The lowest BCUT2D eigenvalue weighted by Gasteiger charge is -2.30. The van der Waals surface area contributed by atoms with Crippen molar-refractivity contribution in [3.8, 4) is 0 Å². The average molecular weight is 227 g/mol. The zero-order valence-corrected chi connectivity index (χ0v) is 11.3. The lowest BCUT2D eigenvalue weighted by atomic mass is 10.1. The van der Waals surface area contributed by atoms with Crippen LogP contribution in [0.5, 0.6) is 0 Å². The number of likely N-dealkylation sites (N-methyl/N-ethyl adjacent to an activating group) is 1. The van der Waals surface area contributed by atoms with E-state index in [4.69, 9.17) is 0 Å². The fourth-order valence-corrected chi connectivity index (χ4v) is 2.41. The van der Waals surface area contributed by atoms with Crippen molar-refractivity contribution in [2.24, 2.45) is 0 Å². The molecule has 1 rings (SSSR count). The molecule has 0 amide bonds. The highest BCUT2D eigenvalue weighted by Gasteiger charge is 2.18. The molecule has 0 saturated carbocycles. The minimum Gasteiger partial charge on any atom is -0.315 e. The van der Waals surface area contributed by atoms with Gasteiger partial charge in [0, 0.05) is 25.7 Å². The van der Waals surface area contributed by atoms with Crippen molar-refractivity contribution < 1.29 is 0 Å². The summed E-state index contributed by atoms with van der Waals surface area (Å²) in [4.78, 5) is 5.12. The highest BCUT2D eigenvalue weighted by Crippen LogP contribution is 2.08. The van der Waals surface area contributed by atoms with E-state index >= 15 is 0 Å². The van der Waals surface area contributed by atoms with Gasteiger partial charge in [-0.1, -0.05) is 13.8 Å². The van der Waals surface area contributed by atoms with Crippen LogP contribution in [0, 0.1) is 0 Å². The smallest absolute Gasteiger partial charge is 0.0218 e. The minimum atomic E-state index is 0.734. The van der Waals surface area contributed by atoms with Crippen LogP contribution in [-0.4, -0.2) is 62.2 Å². The van der Waals surface area contributed by atoms with Gasteiger partial charge in [0.2, 0.25) is 0 Å². The van der Waals surface area contributed by atoms with Crippen molar-refractivity contribution in [1.29, 1.82) is 0 Å². The minimum absolute atomic E-state index is 0.734. The Balaban J connectivity index is 2.32. The molecule has 1 unspecified atom stereocenters. The van der Waals surface area contributed by atoms with E-state index in [9.17, 15) is 0 Å². The Labute approximate surface area is 101 Å². The normalized spacial score (nSPS) is 21.9. The van der Waals surface area contributed by atoms with Crippen LogP contribution in [-0.2, 0) is 0 Å². The molecule has 0 bridgehead atoms. The van der Waals surface area contributed by atoms with Crippen LogP contribution < -0.4 is 5.32 Å². The lowest BCUT2D eigenvalue weighted by molar-refractivity contribution is 0.192. The molecule has 1 aliphatic heterocycles. The second-order valence-electron chi connectivity index (χ2n) is 4.96. The van der Waals surface area contributed by atoms with Gasteiger partial charge in [0.05, 0.1) is 0 Å². The Kier molecular flexibility index (Phi) is 7.01. The first-order chi connectivity index (χ1) is 7.77. The fraction of sp³-hybridized carbons (Fsp3) is 1.00. The molecule has 16 heavy (non-hydrogen) atoms. The van der Waals surface area contributed by atoms with Crippen molar-refractivity contribution in [3.63, 3.8) is 0 Å². The summed E-state index contributed by atoms with van der Waals surface area (Å²) in [5.74, 6) is 0. The molecule has 0 aromatic rings. The molecule has 0 aromatic carbocycles. The molecule has 3 nitrogen and oxygen atoms in total. The van der Waals surface area contributed by atoms with E-state index in [0.29, 0.717) is 0 Å². The Hall–Kier alpha value is -0.120. The summed E-state index contributed by atoms with van der Waals surface area (Å²) in [7, 11) is 2.24.